The van der Waals surface area contributed by atoms with Gasteiger partial charge in [0.25, 0.3) is 0 Å². The molecule has 0 spiro atoms. The maximum Gasteiger partial charge on any atom is 0.109 e. The molecule has 5 heavy (non-hydrogen) atoms. The maximum absolute atomic E-state index is 7.49. The van der Waals surface area contributed by atoms with Crippen molar-refractivity contribution in [2.75, 3.05) is 5.88 Å². The van der Waals surface area contributed by atoms with Crippen LogP contribution in [0.3, 0.4) is 0 Å². The van der Waals surface area contributed by atoms with Crippen molar-refractivity contribution < 1.29 is 5.48 Å². The molecule has 30 valence electrons. The Morgan fingerprint density at radius 2 is 2.00 bits per heavy atom. The average molecular weight is 93.5 g/mol. The molecule has 2 nitrogen and oxygen atoms in total. The summed E-state index contributed by atoms with van der Waals surface area (Å²) in [5, 5.41) is 7.49. The number of halogens is 1. The van der Waals surface area contributed by atoms with Gasteiger partial charge in [0, 0.05) is 0 Å². The molecule has 0 heterocycles. The predicted molar refractivity (Wildman–Crippen MR) is 19.9 cm³/mol. The number of nitriles is 1. The van der Waals surface area contributed by atoms with Crippen LogP contribution in [0.5, 0.6) is 0 Å². The lowest BCUT2D eigenvalue weighted by molar-refractivity contribution is 0.824. The van der Waals surface area contributed by atoms with E-state index in [9.17, 15) is 0 Å². The summed E-state index contributed by atoms with van der Waals surface area (Å²) >= 11 is 4.82. The highest BCUT2D eigenvalue weighted by molar-refractivity contribution is 6.19. The first kappa shape index (κ1) is 8.83. The van der Waals surface area contributed by atoms with Crippen LogP contribution in [-0.2, 0) is 0 Å². The van der Waals surface area contributed by atoms with Crippen LogP contribution in [0.1, 0.15) is 0 Å². The monoisotopic (exact) mass is 93.0 g/mol. The Hall–Kier alpha value is -0.260. The van der Waals surface area contributed by atoms with Crippen molar-refractivity contribution in [3.05, 3.63) is 0 Å². The quantitative estimate of drug-likeness (QED) is 0.387. The minimum atomic E-state index is 0. The summed E-state index contributed by atoms with van der Waals surface area (Å²) in [5.74, 6) is 0.0972. The summed E-state index contributed by atoms with van der Waals surface area (Å²) < 4.78 is 0. The SMILES string of the molecule is N#CCCl.O. The van der Waals surface area contributed by atoms with Crippen LogP contribution in [0, 0.1) is 11.3 Å². The van der Waals surface area contributed by atoms with Crippen LogP contribution in [0.25, 0.3) is 0 Å². The van der Waals surface area contributed by atoms with Gasteiger partial charge >= 0.3 is 0 Å². The van der Waals surface area contributed by atoms with Crippen LogP contribution in [-0.4, -0.2) is 11.4 Å². The van der Waals surface area contributed by atoms with Gasteiger partial charge in [0.2, 0.25) is 0 Å². The zero-order valence-corrected chi connectivity index (χ0v) is 3.29. The number of hydrogen-bond acceptors (Lipinski definition) is 1. The van der Waals surface area contributed by atoms with Gasteiger partial charge in [-0.15, -0.1) is 11.6 Å². The van der Waals surface area contributed by atoms with Gasteiger partial charge in [0.05, 0.1) is 6.07 Å². The molecule has 0 aliphatic rings. The van der Waals surface area contributed by atoms with Crippen molar-refractivity contribution in [1.82, 2.24) is 0 Å². The Kier molecular flexibility index (Phi) is 16.4. The molecule has 0 saturated carbocycles. The number of rotatable bonds is 0. The molecule has 0 aromatic heterocycles. The minimum Gasteiger partial charge on any atom is -0.412 e. The van der Waals surface area contributed by atoms with Crippen LogP contribution in [0.2, 0.25) is 0 Å². The van der Waals surface area contributed by atoms with Gasteiger partial charge in [-0.3, -0.25) is 0 Å². The molecule has 0 fully saturated rings. The standard InChI is InChI=1S/C2H2ClN.H2O/c3-1-2-4;/h1H2;1H2. The largest absolute Gasteiger partial charge is 0.412 e. The molecule has 0 radical (unpaired) electrons. The third-order valence-electron chi connectivity index (χ3n) is 0.0598. The second kappa shape index (κ2) is 9.27. The van der Waals surface area contributed by atoms with Gasteiger partial charge in [-0.05, 0) is 0 Å². The number of alkyl halides is 1. The highest BCUT2D eigenvalue weighted by Crippen LogP contribution is 1.61. The van der Waals surface area contributed by atoms with Gasteiger partial charge in [-0.25, -0.2) is 0 Å². The Balaban J connectivity index is 0. The summed E-state index contributed by atoms with van der Waals surface area (Å²) in [5.41, 5.74) is 0. The first-order valence-corrected chi connectivity index (χ1v) is 1.38. The Morgan fingerprint density at radius 3 is 2.00 bits per heavy atom. The summed E-state index contributed by atoms with van der Waals surface area (Å²) in [7, 11) is 0. The minimum absolute atomic E-state index is 0. The molecule has 0 rings (SSSR count). The van der Waals surface area contributed by atoms with Crippen molar-refractivity contribution in [3.8, 4) is 6.07 Å². The summed E-state index contributed by atoms with van der Waals surface area (Å²) in [6, 6.07) is 1.70. The van der Waals surface area contributed by atoms with Crippen molar-refractivity contribution in [3.63, 3.8) is 0 Å². The number of nitrogens with zero attached hydrogens (tertiary/aromatic N) is 1. The van der Waals surface area contributed by atoms with E-state index in [4.69, 9.17) is 16.9 Å². The van der Waals surface area contributed by atoms with E-state index in [1.807, 2.05) is 0 Å². The fraction of sp³-hybridized carbons (Fsp3) is 0.500. The molecular weight excluding hydrogens is 89.5 g/mol. The highest BCUT2D eigenvalue weighted by atomic mass is 35.5. The first-order chi connectivity index (χ1) is 1.91. The van der Waals surface area contributed by atoms with Crippen LogP contribution >= 0.6 is 11.6 Å². The van der Waals surface area contributed by atoms with E-state index in [1.165, 1.54) is 0 Å². The highest BCUT2D eigenvalue weighted by Gasteiger charge is 1.52. The second-order valence-electron chi connectivity index (χ2n) is 0.292. The van der Waals surface area contributed by atoms with Crippen molar-refractivity contribution >= 4 is 11.6 Å². The average Bonchev–Trinajstić information content (AvgIpc) is 1.37. The Morgan fingerprint density at radius 1 is 1.80 bits per heavy atom. The van der Waals surface area contributed by atoms with Gasteiger partial charge < -0.3 is 5.48 Å². The van der Waals surface area contributed by atoms with Gasteiger partial charge in [0.1, 0.15) is 5.88 Å². The van der Waals surface area contributed by atoms with Gasteiger partial charge in [-0.1, -0.05) is 0 Å². The van der Waals surface area contributed by atoms with E-state index in [0.717, 1.165) is 0 Å². The Labute approximate surface area is 35.3 Å². The first-order valence-electron chi connectivity index (χ1n) is 0.844. The van der Waals surface area contributed by atoms with E-state index >= 15 is 0 Å². The van der Waals surface area contributed by atoms with Crippen LogP contribution in [0.4, 0.5) is 0 Å². The lowest BCUT2D eigenvalue weighted by Gasteiger charge is -1.44. The topological polar surface area (TPSA) is 55.3 Å². The van der Waals surface area contributed by atoms with E-state index in [2.05, 4.69) is 0 Å². The predicted octanol–water partition coefficient (Wildman–Crippen LogP) is -0.0759. The molecule has 0 saturated heterocycles. The molecule has 0 amide bonds. The molecule has 0 aliphatic heterocycles. The lowest BCUT2D eigenvalue weighted by atomic mass is 10.9. The molecule has 0 atom stereocenters. The molecule has 0 aliphatic carbocycles. The maximum atomic E-state index is 7.49. The molecule has 0 aromatic carbocycles. The summed E-state index contributed by atoms with van der Waals surface area (Å²) in [4.78, 5) is 0. The fourth-order valence-corrected chi connectivity index (χ4v) is 0. The smallest absolute Gasteiger partial charge is 0.109 e. The molecule has 0 aromatic rings. The molecule has 3 heteroatoms. The summed E-state index contributed by atoms with van der Waals surface area (Å²) in [6.07, 6.45) is 0. The Bertz CT molecular complexity index is 39.4. The third-order valence-corrected chi connectivity index (χ3v) is 0.179. The third kappa shape index (κ3) is 20.7. The number of hydrogen-bond donors (Lipinski definition) is 0. The van der Waals surface area contributed by atoms with E-state index in [-0.39, 0.29) is 11.4 Å². The van der Waals surface area contributed by atoms with Gasteiger partial charge in [-0.2, -0.15) is 5.26 Å². The van der Waals surface area contributed by atoms with E-state index in [0.29, 0.717) is 0 Å². The normalized spacial score (nSPS) is 4.00. The molecular formula is C2H4ClNO. The van der Waals surface area contributed by atoms with E-state index < -0.39 is 0 Å². The van der Waals surface area contributed by atoms with Crippen molar-refractivity contribution in [2.24, 2.45) is 0 Å². The fourth-order valence-electron chi connectivity index (χ4n) is 0. The lowest BCUT2D eigenvalue weighted by Crippen LogP contribution is -1.47. The van der Waals surface area contributed by atoms with Crippen LogP contribution in [0.15, 0.2) is 0 Å². The molecule has 0 unspecified atom stereocenters. The summed E-state index contributed by atoms with van der Waals surface area (Å²) in [6.45, 7) is 0. The zero-order chi connectivity index (χ0) is 3.41. The van der Waals surface area contributed by atoms with E-state index in [1.54, 1.807) is 6.07 Å². The second-order valence-corrected chi connectivity index (χ2v) is 0.559. The molecule has 2 N–H and O–H groups in total. The zero-order valence-electron chi connectivity index (χ0n) is 2.53. The van der Waals surface area contributed by atoms with Crippen molar-refractivity contribution in [1.29, 1.82) is 5.26 Å². The van der Waals surface area contributed by atoms with Gasteiger partial charge in [0.15, 0.2) is 0 Å². The van der Waals surface area contributed by atoms with Crippen LogP contribution < -0.4 is 0 Å². The molecule has 0 bridgehead atoms. The van der Waals surface area contributed by atoms with Crippen molar-refractivity contribution in [2.45, 2.75) is 0 Å².